The van der Waals surface area contributed by atoms with E-state index in [4.69, 9.17) is 5.73 Å². The number of carbonyl (C=O) groups excluding carboxylic acids is 2. The van der Waals surface area contributed by atoms with E-state index in [1.54, 1.807) is 0 Å². The highest BCUT2D eigenvalue weighted by molar-refractivity contribution is 5.81. The zero-order valence-corrected chi connectivity index (χ0v) is 14.6. The number of rotatable bonds is 7. The molecule has 0 saturated carbocycles. The van der Waals surface area contributed by atoms with Crippen LogP contribution < -0.4 is 16.4 Å². The lowest BCUT2D eigenvalue weighted by Crippen LogP contribution is -2.47. The van der Waals surface area contributed by atoms with Gasteiger partial charge in [0.25, 0.3) is 0 Å². The van der Waals surface area contributed by atoms with E-state index in [2.05, 4.69) is 20.5 Å². The summed E-state index contributed by atoms with van der Waals surface area (Å²) in [6.07, 6.45) is 2.85. The summed E-state index contributed by atoms with van der Waals surface area (Å²) >= 11 is 0. The minimum Gasteiger partial charge on any atom is -0.370 e. The fraction of sp³-hybridized carbons (Fsp3) is 0.812. The summed E-state index contributed by atoms with van der Waals surface area (Å²) in [6, 6.07) is 0.149. The van der Waals surface area contributed by atoms with Crippen LogP contribution in [0.1, 0.15) is 46.5 Å². The van der Waals surface area contributed by atoms with E-state index in [1.807, 2.05) is 20.8 Å². The van der Waals surface area contributed by atoms with Crippen molar-refractivity contribution >= 4 is 17.8 Å². The number of piperidine rings is 1. The number of nitrogens with one attached hydrogen (secondary N) is 2. The van der Waals surface area contributed by atoms with Gasteiger partial charge in [0, 0.05) is 38.5 Å². The molecule has 132 valence electrons. The van der Waals surface area contributed by atoms with Crippen LogP contribution >= 0.6 is 0 Å². The molecule has 2 amide bonds. The Balaban J connectivity index is 2.56. The molecule has 1 aliphatic rings. The molecule has 0 spiro atoms. The first-order valence-electron chi connectivity index (χ1n) is 8.53. The zero-order chi connectivity index (χ0) is 17.2. The third-order valence-electron chi connectivity index (χ3n) is 3.69. The molecule has 1 heterocycles. The van der Waals surface area contributed by atoms with Crippen molar-refractivity contribution in [2.45, 2.75) is 52.5 Å². The Kier molecular flexibility index (Phi) is 8.43. The first-order valence-corrected chi connectivity index (χ1v) is 8.53. The maximum Gasteiger partial charge on any atom is 0.222 e. The van der Waals surface area contributed by atoms with Crippen LogP contribution in [0.25, 0.3) is 0 Å². The number of guanidine groups is 1. The molecule has 1 rings (SSSR count). The van der Waals surface area contributed by atoms with Crippen molar-refractivity contribution in [2.75, 3.05) is 26.2 Å². The monoisotopic (exact) mass is 325 g/mol. The highest BCUT2D eigenvalue weighted by Gasteiger charge is 2.23. The predicted molar refractivity (Wildman–Crippen MR) is 92.0 cm³/mol. The van der Waals surface area contributed by atoms with Crippen LogP contribution in [-0.2, 0) is 9.59 Å². The predicted octanol–water partition coefficient (Wildman–Crippen LogP) is 0.454. The molecular weight excluding hydrogens is 294 g/mol. The Bertz CT molecular complexity index is 423. The molecule has 0 aromatic carbocycles. The molecule has 7 nitrogen and oxygen atoms in total. The number of primary amides is 1. The van der Waals surface area contributed by atoms with E-state index in [1.165, 1.54) is 0 Å². The van der Waals surface area contributed by atoms with Gasteiger partial charge in [-0.25, -0.2) is 0 Å². The number of aliphatic imine (C=N–C) groups is 1. The fourth-order valence-corrected chi connectivity index (χ4v) is 2.79. The average molecular weight is 325 g/mol. The van der Waals surface area contributed by atoms with Gasteiger partial charge in [-0.2, -0.15) is 0 Å². The molecule has 0 bridgehead atoms. The van der Waals surface area contributed by atoms with Crippen molar-refractivity contribution in [3.8, 4) is 0 Å². The number of nitrogens with zero attached hydrogens (tertiary/aromatic N) is 2. The Labute approximate surface area is 139 Å². The van der Waals surface area contributed by atoms with E-state index < -0.39 is 0 Å². The highest BCUT2D eigenvalue weighted by atomic mass is 16.2. The quantitative estimate of drug-likeness (QED) is 0.467. The normalized spacial score (nSPS) is 18.9. The molecule has 1 aliphatic heterocycles. The van der Waals surface area contributed by atoms with E-state index in [0.29, 0.717) is 19.4 Å². The molecule has 1 fully saturated rings. The highest BCUT2D eigenvalue weighted by Crippen LogP contribution is 2.19. The SMILES string of the molecule is CCNC(=NCCC(=O)NC(C)C)N1CCCC(CC(N)=O)C1. The maximum atomic E-state index is 11.7. The van der Waals surface area contributed by atoms with Crippen molar-refractivity contribution in [1.82, 2.24) is 15.5 Å². The summed E-state index contributed by atoms with van der Waals surface area (Å²) in [5.74, 6) is 0.877. The Morgan fingerprint density at radius 1 is 1.39 bits per heavy atom. The number of nitrogens with two attached hydrogens (primary N) is 1. The number of hydrogen-bond donors (Lipinski definition) is 3. The second-order valence-electron chi connectivity index (χ2n) is 6.33. The van der Waals surface area contributed by atoms with Crippen molar-refractivity contribution in [2.24, 2.45) is 16.6 Å². The third kappa shape index (κ3) is 7.85. The summed E-state index contributed by atoms with van der Waals surface area (Å²) in [5.41, 5.74) is 5.31. The van der Waals surface area contributed by atoms with Gasteiger partial charge in [-0.3, -0.25) is 14.6 Å². The van der Waals surface area contributed by atoms with Gasteiger partial charge in [-0.05, 0) is 39.5 Å². The number of amides is 2. The minimum absolute atomic E-state index is 0.0184. The van der Waals surface area contributed by atoms with Gasteiger partial charge in [0.05, 0.1) is 6.54 Å². The van der Waals surface area contributed by atoms with Crippen molar-refractivity contribution in [3.63, 3.8) is 0 Å². The van der Waals surface area contributed by atoms with Gasteiger partial charge in [0.15, 0.2) is 5.96 Å². The van der Waals surface area contributed by atoms with Crippen LogP contribution in [0.4, 0.5) is 0 Å². The summed E-state index contributed by atoms with van der Waals surface area (Å²) in [5, 5.41) is 6.13. The summed E-state index contributed by atoms with van der Waals surface area (Å²) in [7, 11) is 0. The third-order valence-corrected chi connectivity index (χ3v) is 3.69. The molecule has 1 saturated heterocycles. The summed E-state index contributed by atoms with van der Waals surface area (Å²) in [6.45, 7) is 8.83. The number of likely N-dealkylation sites (tertiary alicyclic amines) is 1. The van der Waals surface area contributed by atoms with Gasteiger partial charge in [0.1, 0.15) is 0 Å². The minimum atomic E-state index is -0.246. The Hall–Kier alpha value is -1.79. The number of carbonyl (C=O) groups is 2. The molecular formula is C16H31N5O2. The molecule has 1 atom stereocenters. The van der Waals surface area contributed by atoms with Crippen LogP contribution in [0, 0.1) is 5.92 Å². The van der Waals surface area contributed by atoms with E-state index in [0.717, 1.165) is 38.4 Å². The lowest BCUT2D eigenvalue weighted by molar-refractivity contribution is -0.121. The molecule has 0 radical (unpaired) electrons. The zero-order valence-electron chi connectivity index (χ0n) is 14.6. The molecule has 4 N–H and O–H groups in total. The van der Waals surface area contributed by atoms with E-state index in [9.17, 15) is 9.59 Å². The second kappa shape index (κ2) is 10.1. The lowest BCUT2D eigenvalue weighted by Gasteiger charge is -2.34. The van der Waals surface area contributed by atoms with Gasteiger partial charge in [-0.1, -0.05) is 0 Å². The summed E-state index contributed by atoms with van der Waals surface area (Å²) < 4.78 is 0. The average Bonchev–Trinajstić information content (AvgIpc) is 2.45. The van der Waals surface area contributed by atoms with Gasteiger partial charge in [-0.15, -0.1) is 0 Å². The van der Waals surface area contributed by atoms with Gasteiger partial charge < -0.3 is 21.3 Å². The second-order valence-corrected chi connectivity index (χ2v) is 6.33. The van der Waals surface area contributed by atoms with Gasteiger partial charge in [0.2, 0.25) is 11.8 Å². The smallest absolute Gasteiger partial charge is 0.222 e. The lowest BCUT2D eigenvalue weighted by atomic mass is 9.95. The van der Waals surface area contributed by atoms with Crippen LogP contribution in [0.2, 0.25) is 0 Å². The molecule has 0 aromatic heterocycles. The maximum absolute atomic E-state index is 11.7. The van der Waals surface area contributed by atoms with Crippen LogP contribution in [0.15, 0.2) is 4.99 Å². The van der Waals surface area contributed by atoms with E-state index in [-0.39, 0.29) is 23.8 Å². The molecule has 7 heteroatoms. The fourth-order valence-electron chi connectivity index (χ4n) is 2.79. The molecule has 0 aliphatic carbocycles. The topological polar surface area (TPSA) is 99.8 Å². The van der Waals surface area contributed by atoms with Crippen LogP contribution in [0.5, 0.6) is 0 Å². The molecule has 23 heavy (non-hydrogen) atoms. The van der Waals surface area contributed by atoms with Crippen LogP contribution in [0.3, 0.4) is 0 Å². The van der Waals surface area contributed by atoms with Crippen molar-refractivity contribution in [3.05, 3.63) is 0 Å². The Morgan fingerprint density at radius 3 is 2.74 bits per heavy atom. The largest absolute Gasteiger partial charge is 0.370 e. The standard InChI is InChI=1S/C16H31N5O2/c1-4-18-16(19-8-7-15(23)20-12(2)3)21-9-5-6-13(11-21)10-14(17)22/h12-13H,4-11H2,1-3H3,(H2,17,22)(H,18,19)(H,20,23). The first kappa shape index (κ1) is 19.3. The Morgan fingerprint density at radius 2 is 2.13 bits per heavy atom. The van der Waals surface area contributed by atoms with Crippen LogP contribution in [-0.4, -0.2) is 54.9 Å². The number of hydrogen-bond acceptors (Lipinski definition) is 3. The van der Waals surface area contributed by atoms with Crippen molar-refractivity contribution < 1.29 is 9.59 Å². The summed E-state index contributed by atoms with van der Waals surface area (Å²) in [4.78, 5) is 29.5. The van der Waals surface area contributed by atoms with E-state index >= 15 is 0 Å². The molecule has 0 aromatic rings. The van der Waals surface area contributed by atoms with Gasteiger partial charge >= 0.3 is 0 Å². The van der Waals surface area contributed by atoms with Crippen molar-refractivity contribution in [1.29, 1.82) is 0 Å². The first-order chi connectivity index (χ1) is 10.9. The molecule has 1 unspecified atom stereocenters.